The van der Waals surface area contributed by atoms with Crippen LogP contribution in [-0.2, 0) is 14.8 Å². The van der Waals surface area contributed by atoms with Gasteiger partial charge in [-0.15, -0.1) is 0 Å². The Balaban J connectivity index is 3.12. The smallest absolute Gasteiger partial charge is 0.368 e. The molecule has 11 heteroatoms. The molecule has 2 N–H and O–H groups in total. The number of carbonyl (C=O) groups is 2. The van der Waals surface area contributed by atoms with E-state index in [-0.39, 0.29) is 28.4 Å². The maximum atomic E-state index is 12.6. The van der Waals surface area contributed by atoms with Crippen LogP contribution in [0.2, 0.25) is 0 Å². The van der Waals surface area contributed by atoms with Gasteiger partial charge in [0.1, 0.15) is 6.54 Å². The van der Waals surface area contributed by atoms with Gasteiger partial charge in [-0.05, 0) is 24.3 Å². The Hall–Kier alpha value is -2.14. The number of sulfonamides is 1. The molecule has 0 spiro atoms. The summed E-state index contributed by atoms with van der Waals surface area (Å²) in [5.41, 5.74) is 4.70. The minimum absolute atomic E-state index is 0.0879. The van der Waals surface area contributed by atoms with Crippen molar-refractivity contribution in [3.63, 3.8) is 0 Å². The van der Waals surface area contributed by atoms with Crippen molar-refractivity contribution in [2.75, 3.05) is 26.2 Å². The fourth-order valence-corrected chi connectivity index (χ4v) is 3.73. The molecule has 26 heavy (non-hydrogen) atoms. The third-order valence-corrected chi connectivity index (χ3v) is 5.51. The number of primary amides is 1. The molecule has 1 aromatic carbocycles. The molecule has 1 aromatic rings. The van der Waals surface area contributed by atoms with Crippen molar-refractivity contribution < 1.29 is 31.2 Å². The van der Waals surface area contributed by atoms with E-state index >= 15 is 0 Å². The average Bonchev–Trinajstić information content (AvgIpc) is 2.53. The number of rotatable bonds is 8. The maximum absolute atomic E-state index is 12.6. The van der Waals surface area contributed by atoms with Gasteiger partial charge in [-0.2, -0.15) is 17.5 Å². The highest BCUT2D eigenvalue weighted by molar-refractivity contribution is 7.89. The number of carbonyl (C=O) groups excluding carboxylic acids is 2. The number of nitrogens with two attached hydrogens (primary N) is 1. The largest absolute Gasteiger partial charge is 0.406 e. The van der Waals surface area contributed by atoms with Crippen molar-refractivity contribution in [1.82, 2.24) is 9.21 Å². The van der Waals surface area contributed by atoms with E-state index in [1.165, 1.54) is 4.31 Å². The van der Waals surface area contributed by atoms with Crippen LogP contribution in [0.25, 0.3) is 0 Å². The van der Waals surface area contributed by atoms with Crippen molar-refractivity contribution >= 4 is 21.8 Å². The topological polar surface area (TPSA) is 101 Å². The molecule has 0 aliphatic carbocycles. The van der Waals surface area contributed by atoms with Crippen molar-refractivity contribution in [2.45, 2.75) is 24.9 Å². The average molecular weight is 395 g/mol. The summed E-state index contributed by atoms with van der Waals surface area (Å²) in [6, 6.07) is 4.47. The van der Waals surface area contributed by atoms with Crippen LogP contribution in [0.4, 0.5) is 13.2 Å². The molecule has 146 valence electrons. The normalized spacial score (nSPS) is 12.2. The Kier molecular flexibility index (Phi) is 7.16. The molecule has 0 bridgehead atoms. The fraction of sp³-hybridized carbons (Fsp3) is 0.467. The first-order chi connectivity index (χ1) is 11.9. The summed E-state index contributed by atoms with van der Waals surface area (Å²) in [7, 11) is -3.76. The lowest BCUT2D eigenvalue weighted by atomic mass is 10.2. The minimum atomic E-state index is -4.71. The fourth-order valence-electron chi connectivity index (χ4n) is 2.27. The highest BCUT2D eigenvalue weighted by Crippen LogP contribution is 2.20. The van der Waals surface area contributed by atoms with E-state index in [1.54, 1.807) is 13.8 Å². The monoisotopic (exact) mass is 395 g/mol. The van der Waals surface area contributed by atoms with Crippen LogP contribution in [0.5, 0.6) is 0 Å². The molecule has 0 saturated heterocycles. The third kappa shape index (κ3) is 5.70. The summed E-state index contributed by atoms with van der Waals surface area (Å²) in [6.07, 6.45) is -4.71. The molecule has 1 rings (SSSR count). The van der Waals surface area contributed by atoms with Gasteiger partial charge in [-0.3, -0.25) is 9.59 Å². The quantitative estimate of drug-likeness (QED) is 0.715. The maximum Gasteiger partial charge on any atom is 0.406 e. The van der Waals surface area contributed by atoms with Crippen LogP contribution >= 0.6 is 0 Å². The molecule has 0 aliphatic rings. The van der Waals surface area contributed by atoms with Gasteiger partial charge in [-0.25, -0.2) is 8.42 Å². The van der Waals surface area contributed by atoms with E-state index < -0.39 is 41.1 Å². The zero-order chi connectivity index (χ0) is 20.1. The summed E-state index contributed by atoms with van der Waals surface area (Å²) in [5, 5.41) is 0. The molecule has 0 aromatic heterocycles. The van der Waals surface area contributed by atoms with Gasteiger partial charge in [0, 0.05) is 18.7 Å². The number of halogens is 3. The predicted molar refractivity (Wildman–Crippen MR) is 87.7 cm³/mol. The van der Waals surface area contributed by atoms with Crippen molar-refractivity contribution in [1.29, 1.82) is 0 Å². The second-order valence-corrected chi connectivity index (χ2v) is 7.29. The van der Waals surface area contributed by atoms with Crippen molar-refractivity contribution in [2.24, 2.45) is 5.73 Å². The van der Waals surface area contributed by atoms with Gasteiger partial charge in [0.05, 0.1) is 11.4 Å². The van der Waals surface area contributed by atoms with Gasteiger partial charge in [0.2, 0.25) is 15.9 Å². The van der Waals surface area contributed by atoms with E-state index in [9.17, 15) is 31.2 Å². The molecule has 0 unspecified atom stereocenters. The lowest BCUT2D eigenvalue weighted by molar-refractivity contribution is -0.143. The number of hydrogen-bond acceptors (Lipinski definition) is 4. The van der Waals surface area contributed by atoms with Gasteiger partial charge < -0.3 is 10.6 Å². The Labute approximate surface area is 149 Å². The highest BCUT2D eigenvalue weighted by Gasteiger charge is 2.34. The van der Waals surface area contributed by atoms with E-state index in [1.807, 2.05) is 0 Å². The predicted octanol–water partition coefficient (Wildman–Crippen LogP) is 1.21. The molecule has 7 nitrogen and oxygen atoms in total. The lowest BCUT2D eigenvalue weighted by Gasteiger charge is -2.23. The SMILES string of the molecule is CCN(CC)S(=O)(=O)c1ccc(C(=O)N(CC(N)=O)CC(F)(F)F)cc1. The second kappa shape index (κ2) is 8.49. The summed E-state index contributed by atoms with van der Waals surface area (Å²) in [5.74, 6) is -2.17. The number of amides is 2. The molecule has 0 fully saturated rings. The van der Waals surface area contributed by atoms with Crippen LogP contribution in [0, 0.1) is 0 Å². The van der Waals surface area contributed by atoms with Crippen molar-refractivity contribution in [3.05, 3.63) is 29.8 Å². The highest BCUT2D eigenvalue weighted by atomic mass is 32.2. The third-order valence-electron chi connectivity index (χ3n) is 3.45. The molecule has 0 radical (unpaired) electrons. The van der Waals surface area contributed by atoms with Gasteiger partial charge in [0.25, 0.3) is 5.91 Å². The van der Waals surface area contributed by atoms with Gasteiger partial charge in [0.15, 0.2) is 0 Å². The number of benzene rings is 1. The molecule has 0 atom stereocenters. The van der Waals surface area contributed by atoms with Crippen LogP contribution in [0.15, 0.2) is 29.2 Å². The Morgan fingerprint density at radius 1 is 1.08 bits per heavy atom. The standard InChI is InChI=1S/C15H20F3N3O4S/c1-3-21(4-2)26(24,25)12-7-5-11(6-8-12)14(23)20(9-13(19)22)10-15(16,17)18/h5-8H,3-4,9-10H2,1-2H3,(H2,19,22). The first-order valence-electron chi connectivity index (χ1n) is 7.67. The number of hydrogen-bond donors (Lipinski definition) is 1. The van der Waals surface area contributed by atoms with E-state index in [0.29, 0.717) is 0 Å². The summed E-state index contributed by atoms with van der Waals surface area (Å²) in [4.78, 5) is 23.3. The van der Waals surface area contributed by atoms with Gasteiger partial charge in [-0.1, -0.05) is 13.8 Å². The Morgan fingerprint density at radius 2 is 1.58 bits per heavy atom. The zero-order valence-electron chi connectivity index (χ0n) is 14.3. The number of alkyl halides is 3. The Morgan fingerprint density at radius 3 is 1.96 bits per heavy atom. The van der Waals surface area contributed by atoms with Crippen LogP contribution < -0.4 is 5.73 Å². The van der Waals surface area contributed by atoms with Crippen molar-refractivity contribution in [3.8, 4) is 0 Å². The van der Waals surface area contributed by atoms with Gasteiger partial charge >= 0.3 is 6.18 Å². The molecule has 2 amide bonds. The molecule has 0 aliphatic heterocycles. The molecule has 0 saturated carbocycles. The second-order valence-electron chi connectivity index (χ2n) is 5.36. The summed E-state index contributed by atoms with van der Waals surface area (Å²) < 4.78 is 63.7. The van der Waals surface area contributed by atoms with Crippen LogP contribution in [0.1, 0.15) is 24.2 Å². The molecular weight excluding hydrogens is 375 g/mol. The first-order valence-corrected chi connectivity index (χ1v) is 9.11. The molecule has 0 heterocycles. The summed E-state index contributed by atoms with van der Waals surface area (Å²) in [6.45, 7) is 1.27. The first kappa shape index (κ1) is 21.9. The van der Waals surface area contributed by atoms with E-state index in [0.717, 1.165) is 24.3 Å². The summed E-state index contributed by atoms with van der Waals surface area (Å²) >= 11 is 0. The number of nitrogens with zero attached hydrogens (tertiary/aromatic N) is 2. The Bertz CT molecular complexity index is 744. The van der Waals surface area contributed by atoms with E-state index in [4.69, 9.17) is 5.73 Å². The lowest BCUT2D eigenvalue weighted by Crippen LogP contribution is -2.43. The van der Waals surface area contributed by atoms with E-state index in [2.05, 4.69) is 0 Å². The minimum Gasteiger partial charge on any atom is -0.368 e. The van der Waals surface area contributed by atoms with Crippen LogP contribution in [0.3, 0.4) is 0 Å². The van der Waals surface area contributed by atoms with Crippen LogP contribution in [-0.4, -0.2) is 61.8 Å². The zero-order valence-corrected chi connectivity index (χ0v) is 15.1. The molecular formula is C15H20F3N3O4S.